The number of aliphatic hydroxyl groups excluding tert-OH is 1. The summed E-state index contributed by atoms with van der Waals surface area (Å²) in [5.41, 5.74) is 5.66. The molecule has 0 spiro atoms. The molecule has 18 heavy (non-hydrogen) atoms. The lowest BCUT2D eigenvalue weighted by molar-refractivity contribution is 0.0471. The zero-order valence-corrected chi connectivity index (χ0v) is 11.7. The van der Waals surface area contributed by atoms with Crippen LogP contribution in [0.15, 0.2) is 0 Å². The van der Waals surface area contributed by atoms with E-state index in [4.69, 9.17) is 15.6 Å². The van der Waals surface area contributed by atoms with E-state index in [1.807, 2.05) is 0 Å². The lowest BCUT2D eigenvalue weighted by atomic mass is 10.1. The van der Waals surface area contributed by atoms with Gasteiger partial charge in [0.15, 0.2) is 0 Å². The third-order valence-electron chi connectivity index (χ3n) is 3.68. The van der Waals surface area contributed by atoms with Crippen molar-refractivity contribution in [1.29, 1.82) is 0 Å². The maximum absolute atomic E-state index is 8.62. The summed E-state index contributed by atoms with van der Waals surface area (Å²) >= 11 is 0. The van der Waals surface area contributed by atoms with E-state index in [1.165, 1.54) is 6.42 Å². The second kappa shape index (κ2) is 9.69. The minimum Gasteiger partial charge on any atom is -0.394 e. The molecule has 1 fully saturated rings. The molecule has 0 amide bonds. The average Bonchev–Trinajstić information content (AvgIpc) is 2.42. The van der Waals surface area contributed by atoms with Crippen LogP contribution in [0.5, 0.6) is 0 Å². The summed E-state index contributed by atoms with van der Waals surface area (Å²) in [6, 6.07) is 0.655. The zero-order chi connectivity index (χ0) is 13.2. The van der Waals surface area contributed by atoms with E-state index in [1.54, 1.807) is 0 Å². The van der Waals surface area contributed by atoms with Crippen LogP contribution in [0.2, 0.25) is 0 Å². The monoisotopic (exact) mass is 259 g/mol. The topological polar surface area (TPSA) is 62.0 Å². The molecule has 1 aliphatic heterocycles. The zero-order valence-electron chi connectivity index (χ0n) is 11.7. The molecule has 1 unspecified atom stereocenters. The van der Waals surface area contributed by atoms with E-state index in [-0.39, 0.29) is 6.61 Å². The smallest absolute Gasteiger partial charge is 0.0698 e. The number of aliphatic hydroxyl groups is 1. The SMILES string of the molecule is CCC(CCN)N1CCN(CCOCCO)CC1. The van der Waals surface area contributed by atoms with E-state index in [0.717, 1.165) is 52.3 Å². The van der Waals surface area contributed by atoms with E-state index in [2.05, 4.69) is 16.7 Å². The molecule has 0 aliphatic carbocycles. The Balaban J connectivity index is 2.15. The Labute approximate surface area is 111 Å². The van der Waals surface area contributed by atoms with Gasteiger partial charge in [0.05, 0.1) is 19.8 Å². The fourth-order valence-corrected chi connectivity index (χ4v) is 2.55. The predicted octanol–water partition coefficient (Wildman–Crippen LogP) is -0.260. The van der Waals surface area contributed by atoms with E-state index in [0.29, 0.717) is 12.6 Å². The minimum atomic E-state index is 0.116. The van der Waals surface area contributed by atoms with Gasteiger partial charge in [0.2, 0.25) is 0 Å². The van der Waals surface area contributed by atoms with Gasteiger partial charge in [-0.15, -0.1) is 0 Å². The molecule has 1 aliphatic rings. The number of piperazine rings is 1. The van der Waals surface area contributed by atoms with Crippen LogP contribution in [0.3, 0.4) is 0 Å². The summed E-state index contributed by atoms with van der Waals surface area (Å²) < 4.78 is 5.30. The quantitative estimate of drug-likeness (QED) is 0.559. The highest BCUT2D eigenvalue weighted by Gasteiger charge is 2.21. The Morgan fingerprint density at radius 2 is 1.94 bits per heavy atom. The molecule has 0 aromatic carbocycles. The molecule has 1 saturated heterocycles. The molecular weight excluding hydrogens is 230 g/mol. The van der Waals surface area contributed by atoms with Gasteiger partial charge < -0.3 is 15.6 Å². The molecule has 1 rings (SSSR count). The Kier molecular flexibility index (Phi) is 8.54. The highest BCUT2D eigenvalue weighted by Crippen LogP contribution is 2.11. The second-order valence-corrected chi connectivity index (χ2v) is 4.85. The number of rotatable bonds is 9. The van der Waals surface area contributed by atoms with Crippen molar-refractivity contribution in [2.75, 3.05) is 59.1 Å². The first-order chi connectivity index (χ1) is 8.81. The van der Waals surface area contributed by atoms with Crippen LogP contribution in [-0.4, -0.2) is 80.0 Å². The van der Waals surface area contributed by atoms with Gasteiger partial charge in [0.1, 0.15) is 0 Å². The molecule has 0 saturated carbocycles. The lowest BCUT2D eigenvalue weighted by Crippen LogP contribution is -2.51. The molecule has 0 aromatic heterocycles. The standard InChI is InChI=1S/C13H29N3O2/c1-2-13(3-4-14)16-7-5-15(6-8-16)9-11-18-12-10-17/h13,17H,2-12,14H2,1H3. The predicted molar refractivity (Wildman–Crippen MR) is 73.7 cm³/mol. The second-order valence-electron chi connectivity index (χ2n) is 4.85. The normalized spacial score (nSPS) is 20.2. The van der Waals surface area contributed by atoms with Gasteiger partial charge >= 0.3 is 0 Å². The Morgan fingerprint density at radius 1 is 1.22 bits per heavy atom. The van der Waals surface area contributed by atoms with E-state index >= 15 is 0 Å². The van der Waals surface area contributed by atoms with E-state index < -0.39 is 0 Å². The number of nitrogens with two attached hydrogens (primary N) is 1. The number of ether oxygens (including phenoxy) is 1. The van der Waals surface area contributed by atoms with Crippen LogP contribution in [0.1, 0.15) is 19.8 Å². The maximum atomic E-state index is 8.62. The van der Waals surface area contributed by atoms with Crippen molar-refractivity contribution in [3.63, 3.8) is 0 Å². The molecule has 3 N–H and O–H groups in total. The summed E-state index contributed by atoms with van der Waals surface area (Å²) in [6.45, 7) is 9.80. The summed E-state index contributed by atoms with van der Waals surface area (Å²) in [5, 5.41) is 8.62. The molecule has 1 heterocycles. The number of nitrogens with zero attached hydrogens (tertiary/aromatic N) is 2. The molecule has 1 atom stereocenters. The van der Waals surface area contributed by atoms with E-state index in [9.17, 15) is 0 Å². The van der Waals surface area contributed by atoms with Crippen molar-refractivity contribution in [2.24, 2.45) is 5.73 Å². The maximum Gasteiger partial charge on any atom is 0.0698 e. The van der Waals surface area contributed by atoms with Crippen molar-refractivity contribution in [3.8, 4) is 0 Å². The fourth-order valence-electron chi connectivity index (χ4n) is 2.55. The number of hydrogen-bond donors (Lipinski definition) is 2. The van der Waals surface area contributed by atoms with Crippen LogP contribution in [0.25, 0.3) is 0 Å². The molecule has 5 heteroatoms. The van der Waals surface area contributed by atoms with Gasteiger partial charge in [0, 0.05) is 38.8 Å². The van der Waals surface area contributed by atoms with Crippen molar-refractivity contribution < 1.29 is 9.84 Å². The first-order valence-electron chi connectivity index (χ1n) is 7.16. The van der Waals surface area contributed by atoms with Gasteiger partial charge in [-0.1, -0.05) is 6.92 Å². The summed E-state index contributed by atoms with van der Waals surface area (Å²) in [7, 11) is 0. The van der Waals surface area contributed by atoms with Crippen LogP contribution in [0.4, 0.5) is 0 Å². The molecule has 108 valence electrons. The average molecular weight is 259 g/mol. The molecule has 0 aromatic rings. The first-order valence-corrected chi connectivity index (χ1v) is 7.16. The summed E-state index contributed by atoms with van der Waals surface area (Å²) in [6.07, 6.45) is 2.30. The molecule has 5 nitrogen and oxygen atoms in total. The van der Waals surface area contributed by atoms with Crippen LogP contribution < -0.4 is 5.73 Å². The van der Waals surface area contributed by atoms with Gasteiger partial charge in [-0.05, 0) is 19.4 Å². The summed E-state index contributed by atoms with van der Waals surface area (Å²) in [5.74, 6) is 0. The first kappa shape index (κ1) is 15.9. The van der Waals surface area contributed by atoms with Gasteiger partial charge in [-0.25, -0.2) is 0 Å². The molecule has 0 bridgehead atoms. The molecular formula is C13H29N3O2. The Bertz CT molecular complexity index is 197. The Hall–Kier alpha value is -0.200. The third kappa shape index (κ3) is 5.63. The highest BCUT2D eigenvalue weighted by atomic mass is 16.5. The van der Waals surface area contributed by atoms with Crippen molar-refractivity contribution in [3.05, 3.63) is 0 Å². The largest absolute Gasteiger partial charge is 0.394 e. The van der Waals surface area contributed by atoms with Gasteiger partial charge in [-0.2, -0.15) is 0 Å². The van der Waals surface area contributed by atoms with Crippen molar-refractivity contribution >= 4 is 0 Å². The third-order valence-corrected chi connectivity index (χ3v) is 3.68. The van der Waals surface area contributed by atoms with Crippen molar-refractivity contribution in [1.82, 2.24) is 9.80 Å². The lowest BCUT2D eigenvalue weighted by Gasteiger charge is -2.39. The summed E-state index contributed by atoms with van der Waals surface area (Å²) in [4.78, 5) is 5.00. The Morgan fingerprint density at radius 3 is 2.50 bits per heavy atom. The van der Waals surface area contributed by atoms with Crippen LogP contribution >= 0.6 is 0 Å². The number of hydrogen-bond acceptors (Lipinski definition) is 5. The minimum absolute atomic E-state index is 0.116. The molecule has 0 radical (unpaired) electrons. The fraction of sp³-hybridized carbons (Fsp3) is 1.00. The highest BCUT2D eigenvalue weighted by molar-refractivity contribution is 4.78. The van der Waals surface area contributed by atoms with Gasteiger partial charge in [0.25, 0.3) is 0 Å². The van der Waals surface area contributed by atoms with Crippen LogP contribution in [0, 0.1) is 0 Å². The van der Waals surface area contributed by atoms with Gasteiger partial charge in [-0.3, -0.25) is 9.80 Å². The van der Waals surface area contributed by atoms with Crippen molar-refractivity contribution in [2.45, 2.75) is 25.8 Å². The van der Waals surface area contributed by atoms with Crippen LogP contribution in [-0.2, 0) is 4.74 Å².